The standard InChI is InChI=1S/C18H22N2O3S/c1-23-17-7-9-18(10-8-17)24(21,22)19-16-11-12-20(14-16)13-15-5-3-2-4-6-15/h2-10,16,19H,11-14H2,1H3/t16-/m1/s1. The van der Waals surface area contributed by atoms with Crippen molar-refractivity contribution in [1.82, 2.24) is 9.62 Å². The largest absolute Gasteiger partial charge is 0.497 e. The van der Waals surface area contributed by atoms with Crippen molar-refractivity contribution in [3.8, 4) is 5.75 Å². The highest BCUT2D eigenvalue weighted by molar-refractivity contribution is 7.89. The van der Waals surface area contributed by atoms with E-state index in [1.54, 1.807) is 31.4 Å². The van der Waals surface area contributed by atoms with E-state index in [4.69, 9.17) is 4.74 Å². The van der Waals surface area contributed by atoms with Crippen LogP contribution in [0, 0.1) is 0 Å². The van der Waals surface area contributed by atoms with Crippen LogP contribution >= 0.6 is 0 Å². The van der Waals surface area contributed by atoms with Crippen LogP contribution in [-0.2, 0) is 16.6 Å². The molecule has 0 aromatic heterocycles. The fourth-order valence-corrected chi connectivity index (χ4v) is 4.22. The van der Waals surface area contributed by atoms with Gasteiger partial charge in [0.1, 0.15) is 5.75 Å². The summed E-state index contributed by atoms with van der Waals surface area (Å²) in [7, 11) is -1.94. The van der Waals surface area contributed by atoms with Crippen molar-refractivity contribution in [3.05, 3.63) is 60.2 Å². The van der Waals surface area contributed by atoms with Gasteiger partial charge in [-0.05, 0) is 36.2 Å². The Morgan fingerprint density at radius 1 is 1.12 bits per heavy atom. The predicted octanol–water partition coefficient (Wildman–Crippen LogP) is 2.25. The molecule has 2 aromatic carbocycles. The van der Waals surface area contributed by atoms with Gasteiger partial charge in [-0.3, -0.25) is 4.90 Å². The minimum Gasteiger partial charge on any atom is -0.497 e. The molecule has 1 fully saturated rings. The Morgan fingerprint density at radius 2 is 1.83 bits per heavy atom. The summed E-state index contributed by atoms with van der Waals surface area (Å²) in [6, 6.07) is 16.6. The third kappa shape index (κ3) is 4.14. The first-order valence-corrected chi connectivity index (χ1v) is 9.48. The first-order valence-electron chi connectivity index (χ1n) is 7.99. The van der Waals surface area contributed by atoms with Crippen LogP contribution in [0.3, 0.4) is 0 Å². The van der Waals surface area contributed by atoms with Crippen molar-refractivity contribution < 1.29 is 13.2 Å². The lowest BCUT2D eigenvalue weighted by Gasteiger charge is -2.17. The number of hydrogen-bond acceptors (Lipinski definition) is 4. The molecule has 1 aliphatic rings. The zero-order valence-corrected chi connectivity index (χ0v) is 14.5. The number of ether oxygens (including phenoxy) is 1. The Bertz CT molecular complexity index is 761. The molecular weight excluding hydrogens is 324 g/mol. The summed E-state index contributed by atoms with van der Waals surface area (Å²) in [5.74, 6) is 0.642. The monoisotopic (exact) mass is 346 g/mol. The highest BCUT2D eigenvalue weighted by atomic mass is 32.2. The quantitative estimate of drug-likeness (QED) is 0.872. The molecular formula is C18H22N2O3S. The third-order valence-corrected chi connectivity index (χ3v) is 5.75. The average Bonchev–Trinajstić information content (AvgIpc) is 3.02. The number of nitrogens with one attached hydrogen (secondary N) is 1. The fraction of sp³-hybridized carbons (Fsp3) is 0.333. The van der Waals surface area contributed by atoms with Crippen LogP contribution in [0.1, 0.15) is 12.0 Å². The summed E-state index contributed by atoms with van der Waals surface area (Å²) >= 11 is 0. The first kappa shape index (κ1) is 17.0. The number of nitrogens with zero attached hydrogens (tertiary/aromatic N) is 1. The maximum atomic E-state index is 12.5. The molecule has 0 amide bonds. The van der Waals surface area contributed by atoms with E-state index < -0.39 is 10.0 Å². The molecule has 24 heavy (non-hydrogen) atoms. The summed E-state index contributed by atoms with van der Waals surface area (Å²) < 4.78 is 32.8. The molecule has 2 aromatic rings. The number of sulfonamides is 1. The van der Waals surface area contributed by atoms with E-state index in [1.165, 1.54) is 5.56 Å². The Morgan fingerprint density at radius 3 is 2.50 bits per heavy atom. The van der Waals surface area contributed by atoms with Gasteiger partial charge >= 0.3 is 0 Å². The van der Waals surface area contributed by atoms with Crippen LogP contribution in [0.25, 0.3) is 0 Å². The summed E-state index contributed by atoms with van der Waals surface area (Å²) in [6.07, 6.45) is 0.822. The number of methoxy groups -OCH3 is 1. The number of hydrogen-bond donors (Lipinski definition) is 1. The highest BCUT2D eigenvalue weighted by Gasteiger charge is 2.27. The maximum Gasteiger partial charge on any atom is 0.240 e. The predicted molar refractivity (Wildman–Crippen MR) is 93.4 cm³/mol. The van der Waals surface area contributed by atoms with Gasteiger partial charge in [0.15, 0.2) is 0 Å². The molecule has 128 valence electrons. The van der Waals surface area contributed by atoms with Crippen molar-refractivity contribution in [2.45, 2.75) is 23.9 Å². The topological polar surface area (TPSA) is 58.6 Å². The van der Waals surface area contributed by atoms with Crippen LogP contribution < -0.4 is 9.46 Å². The second kappa shape index (κ2) is 7.34. The molecule has 0 aliphatic carbocycles. The van der Waals surface area contributed by atoms with E-state index in [2.05, 4.69) is 21.8 Å². The highest BCUT2D eigenvalue weighted by Crippen LogP contribution is 2.18. The SMILES string of the molecule is COc1ccc(S(=O)(=O)N[C@@H]2CCN(Cc3ccccc3)C2)cc1. The molecule has 0 bridgehead atoms. The van der Waals surface area contributed by atoms with E-state index in [-0.39, 0.29) is 10.9 Å². The lowest BCUT2D eigenvalue weighted by molar-refractivity contribution is 0.324. The second-order valence-corrected chi connectivity index (χ2v) is 7.72. The van der Waals surface area contributed by atoms with E-state index in [9.17, 15) is 8.42 Å². The van der Waals surface area contributed by atoms with Crippen LogP contribution in [0.4, 0.5) is 0 Å². The Balaban J connectivity index is 1.59. The molecule has 3 rings (SSSR count). The molecule has 5 nitrogen and oxygen atoms in total. The molecule has 1 aliphatic heterocycles. The Labute approximate surface area is 143 Å². The van der Waals surface area contributed by atoms with E-state index in [0.717, 1.165) is 26.1 Å². The van der Waals surface area contributed by atoms with Gasteiger partial charge < -0.3 is 4.74 Å². The summed E-state index contributed by atoms with van der Waals surface area (Å²) in [4.78, 5) is 2.54. The lowest BCUT2D eigenvalue weighted by Crippen LogP contribution is -2.36. The minimum absolute atomic E-state index is 0.0548. The van der Waals surface area contributed by atoms with Crippen molar-refractivity contribution in [3.63, 3.8) is 0 Å². The van der Waals surface area contributed by atoms with Crippen LogP contribution in [0.2, 0.25) is 0 Å². The molecule has 0 radical (unpaired) electrons. The zero-order chi connectivity index (χ0) is 17.0. The zero-order valence-electron chi connectivity index (χ0n) is 13.7. The van der Waals surface area contributed by atoms with Gasteiger partial charge in [-0.1, -0.05) is 30.3 Å². The van der Waals surface area contributed by atoms with Crippen molar-refractivity contribution in [2.24, 2.45) is 0 Å². The molecule has 0 saturated carbocycles. The van der Waals surface area contributed by atoms with Crippen LogP contribution in [0.15, 0.2) is 59.5 Å². The maximum absolute atomic E-state index is 12.5. The average molecular weight is 346 g/mol. The number of rotatable bonds is 6. The molecule has 1 heterocycles. The van der Waals surface area contributed by atoms with Gasteiger partial charge in [0, 0.05) is 25.7 Å². The number of likely N-dealkylation sites (tertiary alicyclic amines) is 1. The summed E-state index contributed by atoms with van der Waals surface area (Å²) in [5.41, 5.74) is 1.25. The smallest absolute Gasteiger partial charge is 0.240 e. The van der Waals surface area contributed by atoms with Gasteiger partial charge in [0.25, 0.3) is 0 Å². The van der Waals surface area contributed by atoms with Crippen LogP contribution in [0.5, 0.6) is 5.75 Å². The Hall–Kier alpha value is -1.89. The van der Waals surface area contributed by atoms with Crippen molar-refractivity contribution in [1.29, 1.82) is 0 Å². The molecule has 1 saturated heterocycles. The van der Waals surface area contributed by atoms with Gasteiger partial charge in [-0.25, -0.2) is 13.1 Å². The third-order valence-electron chi connectivity index (χ3n) is 4.21. The normalized spacial score (nSPS) is 18.6. The second-order valence-electron chi connectivity index (χ2n) is 6.00. The van der Waals surface area contributed by atoms with Gasteiger partial charge in [-0.15, -0.1) is 0 Å². The van der Waals surface area contributed by atoms with Gasteiger partial charge in [-0.2, -0.15) is 0 Å². The van der Waals surface area contributed by atoms with Crippen molar-refractivity contribution >= 4 is 10.0 Å². The van der Waals surface area contributed by atoms with E-state index >= 15 is 0 Å². The van der Waals surface area contributed by atoms with Gasteiger partial charge in [0.05, 0.1) is 12.0 Å². The molecule has 0 unspecified atom stereocenters. The van der Waals surface area contributed by atoms with Crippen molar-refractivity contribution in [2.75, 3.05) is 20.2 Å². The summed E-state index contributed by atoms with van der Waals surface area (Å²) in [6.45, 7) is 2.47. The van der Waals surface area contributed by atoms with E-state index in [1.807, 2.05) is 18.2 Å². The molecule has 1 N–H and O–H groups in total. The molecule has 1 atom stereocenters. The summed E-state index contributed by atoms with van der Waals surface area (Å²) in [5, 5.41) is 0. The fourth-order valence-electron chi connectivity index (χ4n) is 2.96. The lowest BCUT2D eigenvalue weighted by atomic mass is 10.2. The van der Waals surface area contributed by atoms with Crippen LogP contribution in [-0.4, -0.2) is 39.6 Å². The first-order chi connectivity index (χ1) is 11.6. The van der Waals surface area contributed by atoms with Gasteiger partial charge in [0.2, 0.25) is 10.0 Å². The molecule has 6 heteroatoms. The van der Waals surface area contributed by atoms with E-state index in [0.29, 0.717) is 5.75 Å². The molecule has 0 spiro atoms. The Kier molecular flexibility index (Phi) is 5.18. The minimum atomic E-state index is -3.50. The number of benzene rings is 2.